The zero-order valence-corrected chi connectivity index (χ0v) is 8.59. The van der Waals surface area contributed by atoms with Gasteiger partial charge in [0.05, 0.1) is 0 Å². The number of hydrogen-bond acceptors (Lipinski definition) is 2. The molecule has 0 fully saturated rings. The van der Waals surface area contributed by atoms with Crippen molar-refractivity contribution in [2.45, 2.75) is 13.3 Å². The number of phenols is 1. The van der Waals surface area contributed by atoms with Gasteiger partial charge in [0.2, 0.25) is 0 Å². The molecule has 0 amide bonds. The smallest absolute Gasteiger partial charge is 0.115 e. The van der Waals surface area contributed by atoms with Crippen LogP contribution in [0.5, 0.6) is 5.75 Å². The van der Waals surface area contributed by atoms with Crippen molar-refractivity contribution >= 4 is 6.08 Å². The average Bonchev–Trinajstić information content (AvgIpc) is 2.20. The lowest BCUT2D eigenvalue weighted by Gasteiger charge is -2.00. The van der Waals surface area contributed by atoms with Gasteiger partial charge in [-0.05, 0) is 42.1 Å². The number of azide groups is 1. The number of aryl methyl sites for hydroxylation is 1. The van der Waals surface area contributed by atoms with Crippen LogP contribution in [0.1, 0.15) is 17.5 Å². The second kappa shape index (κ2) is 5.73. The number of phenolic OH excluding ortho intramolecular Hbond substituents is 1. The van der Waals surface area contributed by atoms with Crippen LogP contribution in [0.15, 0.2) is 29.4 Å². The Kier molecular flexibility index (Phi) is 4.26. The number of aromatic hydroxyl groups is 1. The maximum Gasteiger partial charge on any atom is 0.115 e. The molecule has 0 saturated heterocycles. The summed E-state index contributed by atoms with van der Waals surface area (Å²) in [7, 11) is 0. The molecule has 0 aliphatic carbocycles. The van der Waals surface area contributed by atoms with Crippen molar-refractivity contribution in [3.63, 3.8) is 0 Å². The van der Waals surface area contributed by atoms with Gasteiger partial charge in [0.25, 0.3) is 0 Å². The van der Waals surface area contributed by atoms with E-state index in [1.807, 2.05) is 25.1 Å². The van der Waals surface area contributed by atoms with Crippen molar-refractivity contribution in [1.29, 1.82) is 0 Å². The normalized spacial score (nSPS) is 10.2. The van der Waals surface area contributed by atoms with Gasteiger partial charge in [0.1, 0.15) is 5.75 Å². The van der Waals surface area contributed by atoms with Crippen LogP contribution in [-0.4, -0.2) is 11.7 Å². The summed E-state index contributed by atoms with van der Waals surface area (Å²) in [5.74, 6) is 0.277. The van der Waals surface area contributed by atoms with E-state index >= 15 is 0 Å². The summed E-state index contributed by atoms with van der Waals surface area (Å²) < 4.78 is 0. The fourth-order valence-electron chi connectivity index (χ4n) is 1.23. The minimum absolute atomic E-state index is 0.277. The summed E-state index contributed by atoms with van der Waals surface area (Å²) in [6.45, 7) is 2.41. The molecule has 0 aromatic heterocycles. The monoisotopic (exact) mass is 203 g/mol. The SMILES string of the molecule is Cc1cc(O)ccc1C=CCCN=[N+]=[N-]. The fourth-order valence-corrected chi connectivity index (χ4v) is 1.23. The molecule has 0 saturated carbocycles. The highest BCUT2D eigenvalue weighted by Gasteiger charge is 1.94. The molecule has 78 valence electrons. The summed E-state index contributed by atoms with van der Waals surface area (Å²) in [4.78, 5) is 2.67. The summed E-state index contributed by atoms with van der Waals surface area (Å²) in [5, 5.41) is 12.6. The van der Waals surface area contributed by atoms with E-state index in [2.05, 4.69) is 10.0 Å². The van der Waals surface area contributed by atoms with Gasteiger partial charge in [-0.15, -0.1) is 0 Å². The molecule has 0 aliphatic rings. The van der Waals surface area contributed by atoms with Gasteiger partial charge in [-0.25, -0.2) is 0 Å². The molecule has 0 unspecified atom stereocenters. The van der Waals surface area contributed by atoms with E-state index in [4.69, 9.17) is 5.53 Å². The van der Waals surface area contributed by atoms with Gasteiger partial charge in [-0.3, -0.25) is 0 Å². The summed E-state index contributed by atoms with van der Waals surface area (Å²) >= 11 is 0. The Balaban J connectivity index is 2.60. The van der Waals surface area contributed by atoms with E-state index in [1.165, 1.54) is 0 Å². The highest BCUT2D eigenvalue weighted by atomic mass is 16.3. The van der Waals surface area contributed by atoms with Crippen LogP contribution < -0.4 is 0 Å². The Labute approximate surface area is 88.5 Å². The molecule has 1 aromatic rings. The lowest BCUT2D eigenvalue weighted by atomic mass is 10.1. The third kappa shape index (κ3) is 3.75. The molecule has 15 heavy (non-hydrogen) atoms. The Morgan fingerprint density at radius 2 is 2.33 bits per heavy atom. The predicted octanol–water partition coefficient (Wildman–Crippen LogP) is 3.41. The van der Waals surface area contributed by atoms with E-state index in [0.717, 1.165) is 17.5 Å². The third-order valence-electron chi connectivity index (χ3n) is 2.01. The quantitative estimate of drug-likeness (QED) is 0.346. The molecule has 0 heterocycles. The van der Waals surface area contributed by atoms with Crippen LogP contribution in [-0.2, 0) is 0 Å². The van der Waals surface area contributed by atoms with Crippen molar-refractivity contribution in [2.75, 3.05) is 6.54 Å². The van der Waals surface area contributed by atoms with Crippen LogP contribution in [0.4, 0.5) is 0 Å². The van der Waals surface area contributed by atoms with Crippen molar-refractivity contribution in [1.82, 2.24) is 0 Å². The molecule has 0 radical (unpaired) electrons. The zero-order valence-electron chi connectivity index (χ0n) is 8.59. The van der Waals surface area contributed by atoms with Gasteiger partial charge in [0, 0.05) is 11.5 Å². The standard InChI is InChI=1S/C11H13N3O/c1-9-8-11(15)6-5-10(9)4-2-3-7-13-14-12/h2,4-6,8,15H,3,7H2,1H3. The van der Waals surface area contributed by atoms with Crippen LogP contribution in [0.2, 0.25) is 0 Å². The van der Waals surface area contributed by atoms with E-state index < -0.39 is 0 Å². The van der Waals surface area contributed by atoms with Gasteiger partial charge in [-0.2, -0.15) is 0 Å². The highest BCUT2D eigenvalue weighted by molar-refractivity contribution is 5.55. The first-order chi connectivity index (χ1) is 7.24. The van der Waals surface area contributed by atoms with Crippen molar-refractivity contribution in [2.24, 2.45) is 5.11 Å². The predicted molar refractivity (Wildman–Crippen MR) is 60.5 cm³/mol. The Morgan fingerprint density at radius 3 is 3.00 bits per heavy atom. The number of rotatable bonds is 4. The minimum Gasteiger partial charge on any atom is -0.508 e. The van der Waals surface area contributed by atoms with Crippen molar-refractivity contribution in [3.05, 3.63) is 45.8 Å². The first kappa shape index (κ1) is 11.1. The third-order valence-corrected chi connectivity index (χ3v) is 2.01. The molecule has 1 rings (SSSR count). The second-order valence-corrected chi connectivity index (χ2v) is 3.19. The van der Waals surface area contributed by atoms with Gasteiger partial charge >= 0.3 is 0 Å². The number of hydrogen-bond donors (Lipinski definition) is 1. The lowest BCUT2D eigenvalue weighted by Crippen LogP contribution is -1.80. The molecule has 1 aromatic carbocycles. The zero-order chi connectivity index (χ0) is 11.1. The maximum atomic E-state index is 9.20. The summed E-state index contributed by atoms with van der Waals surface area (Å²) in [6.07, 6.45) is 4.64. The fraction of sp³-hybridized carbons (Fsp3) is 0.273. The van der Waals surface area contributed by atoms with E-state index in [-0.39, 0.29) is 5.75 Å². The lowest BCUT2D eigenvalue weighted by molar-refractivity contribution is 0.475. The first-order valence-corrected chi connectivity index (χ1v) is 4.71. The molecule has 4 nitrogen and oxygen atoms in total. The van der Waals surface area contributed by atoms with Gasteiger partial charge in [-0.1, -0.05) is 23.3 Å². The van der Waals surface area contributed by atoms with E-state index in [9.17, 15) is 5.11 Å². The largest absolute Gasteiger partial charge is 0.508 e. The molecule has 4 heteroatoms. The molecule has 0 bridgehead atoms. The van der Waals surface area contributed by atoms with E-state index in [0.29, 0.717) is 6.54 Å². The van der Waals surface area contributed by atoms with Crippen LogP contribution in [0, 0.1) is 6.92 Å². The molecule has 0 spiro atoms. The first-order valence-electron chi connectivity index (χ1n) is 4.71. The van der Waals surface area contributed by atoms with Gasteiger partial charge < -0.3 is 5.11 Å². The topological polar surface area (TPSA) is 69.0 Å². The van der Waals surface area contributed by atoms with Crippen LogP contribution in [0.3, 0.4) is 0 Å². The Morgan fingerprint density at radius 1 is 1.53 bits per heavy atom. The maximum absolute atomic E-state index is 9.20. The summed E-state index contributed by atoms with van der Waals surface area (Å²) in [5.41, 5.74) is 10.2. The van der Waals surface area contributed by atoms with Crippen molar-refractivity contribution < 1.29 is 5.11 Å². The Bertz CT molecular complexity index is 406. The summed E-state index contributed by atoms with van der Waals surface area (Å²) in [6, 6.07) is 5.22. The molecule has 0 atom stereocenters. The Hall–Kier alpha value is -1.93. The van der Waals surface area contributed by atoms with Gasteiger partial charge in [0.15, 0.2) is 0 Å². The molecular weight excluding hydrogens is 190 g/mol. The molecule has 0 aliphatic heterocycles. The number of nitrogens with zero attached hydrogens (tertiary/aromatic N) is 3. The molecular formula is C11H13N3O. The van der Waals surface area contributed by atoms with E-state index in [1.54, 1.807) is 12.1 Å². The van der Waals surface area contributed by atoms with Crippen molar-refractivity contribution in [3.8, 4) is 5.75 Å². The number of benzene rings is 1. The second-order valence-electron chi connectivity index (χ2n) is 3.19. The molecule has 1 N–H and O–H groups in total. The minimum atomic E-state index is 0.277. The average molecular weight is 203 g/mol. The van der Waals surface area contributed by atoms with Crippen LogP contribution in [0.25, 0.3) is 16.5 Å². The highest BCUT2D eigenvalue weighted by Crippen LogP contribution is 2.16. The van der Waals surface area contributed by atoms with Crippen LogP contribution >= 0.6 is 0 Å².